The summed E-state index contributed by atoms with van der Waals surface area (Å²) in [6.45, 7) is 0. The maximum atomic E-state index is 13.2. The molecule has 0 heterocycles. The molecule has 7 heteroatoms. The fourth-order valence-electron chi connectivity index (χ4n) is 1.69. The molecule has 0 fully saturated rings. The molecule has 2 N–H and O–H groups in total. The van der Waals surface area contributed by atoms with Gasteiger partial charge < -0.3 is 10.5 Å². The predicted molar refractivity (Wildman–Crippen MR) is 73.8 cm³/mol. The van der Waals surface area contributed by atoms with Crippen LogP contribution in [0.3, 0.4) is 0 Å². The average Bonchev–Trinajstić information content (AvgIpc) is 2.40. The van der Waals surface area contributed by atoms with Crippen molar-refractivity contribution in [2.24, 2.45) is 5.73 Å². The number of hydrogen-bond donors (Lipinski definition) is 1. The summed E-state index contributed by atoms with van der Waals surface area (Å²) in [5.41, 5.74) is 4.51. The molecule has 0 saturated carbocycles. The Bertz CT molecular complexity index is 685. The van der Waals surface area contributed by atoms with Crippen molar-refractivity contribution in [1.82, 2.24) is 0 Å². The van der Waals surface area contributed by atoms with E-state index in [4.69, 9.17) is 22.7 Å². The molecule has 0 bridgehead atoms. The van der Waals surface area contributed by atoms with Gasteiger partial charge in [-0.3, -0.25) is 0 Å². The summed E-state index contributed by atoms with van der Waals surface area (Å²) in [4.78, 5) is -0.172. The van der Waals surface area contributed by atoms with E-state index in [1.807, 2.05) is 0 Å². The maximum absolute atomic E-state index is 13.2. The molecule has 0 spiro atoms. The summed E-state index contributed by atoms with van der Waals surface area (Å²) >= 11 is 4.74. The van der Waals surface area contributed by atoms with Crippen LogP contribution in [0.5, 0.6) is 11.5 Å². The lowest BCUT2D eigenvalue weighted by Crippen LogP contribution is -2.12. The zero-order chi connectivity index (χ0) is 15.6. The van der Waals surface area contributed by atoms with Crippen molar-refractivity contribution in [2.45, 2.75) is 6.18 Å². The molecule has 21 heavy (non-hydrogen) atoms. The van der Waals surface area contributed by atoms with Gasteiger partial charge in [-0.1, -0.05) is 24.4 Å². The standard InChI is InChI=1S/C14H9F4NOS/c15-8-5-6-11(9(7-8)13(19)21)20-12-4-2-1-3-10(12)14(16,17)18/h1-7H,(H2,19,21). The maximum Gasteiger partial charge on any atom is 0.419 e. The van der Waals surface area contributed by atoms with Gasteiger partial charge in [0.15, 0.2) is 0 Å². The quantitative estimate of drug-likeness (QED) is 0.678. The number of thiocarbonyl (C=S) groups is 1. The second-order valence-electron chi connectivity index (χ2n) is 4.10. The molecule has 0 aliphatic heterocycles. The van der Waals surface area contributed by atoms with Gasteiger partial charge in [-0.2, -0.15) is 13.2 Å². The molecule has 0 unspecified atom stereocenters. The van der Waals surface area contributed by atoms with E-state index in [9.17, 15) is 17.6 Å². The summed E-state index contributed by atoms with van der Waals surface area (Å²) in [5.74, 6) is -1.07. The molecular weight excluding hydrogens is 306 g/mol. The molecule has 2 aromatic rings. The van der Waals surface area contributed by atoms with Gasteiger partial charge in [0.05, 0.1) is 11.1 Å². The first-order valence-corrected chi connectivity index (χ1v) is 6.13. The van der Waals surface area contributed by atoms with E-state index < -0.39 is 23.3 Å². The molecule has 110 valence electrons. The van der Waals surface area contributed by atoms with Crippen LogP contribution in [-0.2, 0) is 6.18 Å². The third-order valence-electron chi connectivity index (χ3n) is 2.62. The summed E-state index contributed by atoms with van der Waals surface area (Å²) in [6.07, 6.45) is -4.57. The molecule has 0 radical (unpaired) electrons. The number of benzene rings is 2. The highest BCUT2D eigenvalue weighted by Gasteiger charge is 2.34. The monoisotopic (exact) mass is 315 g/mol. The van der Waals surface area contributed by atoms with E-state index in [1.54, 1.807) is 0 Å². The number of ether oxygens (including phenoxy) is 1. The van der Waals surface area contributed by atoms with Crippen molar-refractivity contribution in [3.8, 4) is 11.5 Å². The van der Waals surface area contributed by atoms with Gasteiger partial charge in [-0.25, -0.2) is 4.39 Å². The summed E-state index contributed by atoms with van der Waals surface area (Å²) in [5, 5.41) is 0. The zero-order valence-corrected chi connectivity index (χ0v) is 11.3. The van der Waals surface area contributed by atoms with E-state index >= 15 is 0 Å². The van der Waals surface area contributed by atoms with Crippen LogP contribution in [0.4, 0.5) is 17.6 Å². The Balaban J connectivity index is 2.47. The largest absolute Gasteiger partial charge is 0.456 e. The Morgan fingerprint density at radius 2 is 1.71 bits per heavy atom. The number of nitrogens with two attached hydrogens (primary N) is 1. The topological polar surface area (TPSA) is 35.2 Å². The van der Waals surface area contributed by atoms with Crippen LogP contribution in [0.25, 0.3) is 0 Å². The van der Waals surface area contributed by atoms with Crippen molar-refractivity contribution >= 4 is 17.2 Å². The second-order valence-corrected chi connectivity index (χ2v) is 4.54. The molecule has 0 atom stereocenters. The predicted octanol–water partition coefficient (Wildman–Crippen LogP) is 4.27. The molecule has 2 nitrogen and oxygen atoms in total. The Kier molecular flexibility index (Phi) is 4.13. The Morgan fingerprint density at radius 1 is 1.05 bits per heavy atom. The van der Waals surface area contributed by atoms with E-state index in [1.165, 1.54) is 18.2 Å². The number of rotatable bonds is 3. The highest BCUT2D eigenvalue weighted by atomic mass is 32.1. The third-order valence-corrected chi connectivity index (χ3v) is 2.84. The lowest BCUT2D eigenvalue weighted by Gasteiger charge is -2.15. The van der Waals surface area contributed by atoms with Crippen LogP contribution in [0, 0.1) is 5.82 Å². The van der Waals surface area contributed by atoms with Crippen molar-refractivity contribution in [3.05, 3.63) is 59.4 Å². The Labute approximate surface area is 123 Å². The fraction of sp³-hybridized carbons (Fsp3) is 0.0714. The van der Waals surface area contributed by atoms with Gasteiger partial charge in [-0.05, 0) is 30.3 Å². The minimum Gasteiger partial charge on any atom is -0.456 e. The fourth-order valence-corrected chi connectivity index (χ4v) is 1.85. The number of alkyl halides is 3. The van der Waals surface area contributed by atoms with Crippen molar-refractivity contribution in [3.63, 3.8) is 0 Å². The van der Waals surface area contributed by atoms with Gasteiger partial charge in [0.25, 0.3) is 0 Å². The number of hydrogen-bond acceptors (Lipinski definition) is 2. The van der Waals surface area contributed by atoms with Crippen LogP contribution in [0.2, 0.25) is 0 Å². The molecule has 0 saturated heterocycles. The van der Waals surface area contributed by atoms with Crippen molar-refractivity contribution < 1.29 is 22.3 Å². The normalized spacial score (nSPS) is 11.2. The van der Waals surface area contributed by atoms with E-state index in [-0.39, 0.29) is 16.3 Å². The zero-order valence-electron chi connectivity index (χ0n) is 10.4. The van der Waals surface area contributed by atoms with Crippen molar-refractivity contribution in [1.29, 1.82) is 0 Å². The lowest BCUT2D eigenvalue weighted by molar-refractivity contribution is -0.138. The molecule has 2 aromatic carbocycles. The van der Waals surface area contributed by atoms with Crippen LogP contribution in [0.15, 0.2) is 42.5 Å². The highest BCUT2D eigenvalue weighted by molar-refractivity contribution is 7.80. The number of halogens is 4. The third kappa shape index (κ3) is 3.49. The first-order valence-electron chi connectivity index (χ1n) is 5.72. The van der Waals surface area contributed by atoms with E-state index in [0.717, 1.165) is 24.3 Å². The smallest absolute Gasteiger partial charge is 0.419 e. The number of para-hydroxylation sites is 1. The van der Waals surface area contributed by atoms with E-state index in [2.05, 4.69) is 0 Å². The van der Waals surface area contributed by atoms with Gasteiger partial charge in [0.2, 0.25) is 0 Å². The summed E-state index contributed by atoms with van der Waals surface area (Å²) < 4.78 is 57.0. The lowest BCUT2D eigenvalue weighted by atomic mass is 10.1. The molecule has 0 aliphatic carbocycles. The molecule has 0 aromatic heterocycles. The van der Waals surface area contributed by atoms with Gasteiger partial charge in [-0.15, -0.1) is 0 Å². The van der Waals surface area contributed by atoms with Gasteiger partial charge in [0, 0.05) is 0 Å². The Hall–Kier alpha value is -2.15. The summed E-state index contributed by atoms with van der Waals surface area (Å²) in [6, 6.07) is 7.93. The highest BCUT2D eigenvalue weighted by Crippen LogP contribution is 2.38. The summed E-state index contributed by atoms with van der Waals surface area (Å²) in [7, 11) is 0. The molecule has 0 aliphatic rings. The second kappa shape index (κ2) is 5.69. The molecular formula is C14H9F4NOS. The SMILES string of the molecule is NC(=S)c1cc(F)ccc1Oc1ccccc1C(F)(F)F. The first kappa shape index (κ1) is 15.2. The van der Waals surface area contributed by atoms with Crippen LogP contribution < -0.4 is 10.5 Å². The van der Waals surface area contributed by atoms with Gasteiger partial charge >= 0.3 is 6.18 Å². The molecule has 0 amide bonds. The van der Waals surface area contributed by atoms with Crippen LogP contribution in [0.1, 0.15) is 11.1 Å². The van der Waals surface area contributed by atoms with E-state index in [0.29, 0.717) is 0 Å². The van der Waals surface area contributed by atoms with Gasteiger partial charge in [0.1, 0.15) is 22.3 Å². The minimum absolute atomic E-state index is 0.0296. The van der Waals surface area contributed by atoms with Crippen molar-refractivity contribution in [2.75, 3.05) is 0 Å². The minimum atomic E-state index is -4.57. The van der Waals surface area contributed by atoms with Crippen LogP contribution in [-0.4, -0.2) is 4.99 Å². The first-order chi connectivity index (χ1) is 9.79. The Morgan fingerprint density at radius 3 is 2.33 bits per heavy atom. The average molecular weight is 315 g/mol. The molecule has 2 rings (SSSR count). The van der Waals surface area contributed by atoms with Crippen LogP contribution >= 0.6 is 12.2 Å².